The molecule has 1 aromatic heterocycles. The number of benzene rings is 1. The Hall–Kier alpha value is -3.67. The Kier molecular flexibility index (Phi) is 5.71. The zero-order valence-electron chi connectivity index (χ0n) is 16.8. The van der Waals surface area contributed by atoms with Crippen LogP contribution in [0.2, 0.25) is 0 Å². The summed E-state index contributed by atoms with van der Waals surface area (Å²) >= 11 is 0. The molecule has 3 N–H and O–H groups in total. The van der Waals surface area contributed by atoms with Crippen LogP contribution in [0.1, 0.15) is 29.8 Å². The average molecular weight is 421 g/mol. The number of carbonyl (C=O) groups excluding carboxylic acids is 4. The van der Waals surface area contributed by atoms with Gasteiger partial charge < -0.3 is 25.3 Å². The van der Waals surface area contributed by atoms with Crippen molar-refractivity contribution in [3.63, 3.8) is 0 Å². The van der Waals surface area contributed by atoms with Crippen molar-refractivity contribution in [2.45, 2.75) is 31.3 Å². The molecule has 0 unspecified atom stereocenters. The molecule has 160 valence electrons. The van der Waals surface area contributed by atoms with Gasteiger partial charge in [-0.2, -0.15) is 5.26 Å². The number of nitrogens with one attached hydrogen (secondary N) is 3. The molecule has 9 nitrogen and oxygen atoms in total. The number of hydrogen-bond acceptors (Lipinski definition) is 5. The number of amides is 3. The van der Waals surface area contributed by atoms with Gasteiger partial charge in [-0.3, -0.25) is 14.4 Å². The molecule has 2 aliphatic rings. The number of aldehydes is 1. The maximum absolute atomic E-state index is 13.2. The molecule has 2 fully saturated rings. The quantitative estimate of drug-likeness (QED) is 0.591. The van der Waals surface area contributed by atoms with E-state index in [1.165, 1.54) is 4.90 Å². The number of aromatic nitrogens is 1. The number of fused-ring (bicyclic) bond motifs is 1. The summed E-state index contributed by atoms with van der Waals surface area (Å²) in [5, 5.41) is 15.6. The first-order valence-corrected chi connectivity index (χ1v) is 10.3. The van der Waals surface area contributed by atoms with Crippen molar-refractivity contribution in [2.75, 3.05) is 13.1 Å². The normalized spacial score (nSPS) is 23.9. The third-order valence-corrected chi connectivity index (χ3v) is 6.00. The van der Waals surface area contributed by atoms with Crippen LogP contribution in [0.5, 0.6) is 0 Å². The number of rotatable bonds is 6. The van der Waals surface area contributed by atoms with Gasteiger partial charge in [0.25, 0.3) is 5.91 Å². The highest BCUT2D eigenvalue weighted by Crippen LogP contribution is 2.26. The summed E-state index contributed by atoms with van der Waals surface area (Å²) in [6, 6.07) is 9.63. The van der Waals surface area contributed by atoms with E-state index in [1.807, 2.05) is 24.3 Å². The number of carbonyl (C=O) groups is 4. The zero-order valence-corrected chi connectivity index (χ0v) is 16.8. The van der Waals surface area contributed by atoms with Crippen LogP contribution in [-0.2, 0) is 14.4 Å². The molecule has 0 radical (unpaired) electrons. The molecular weight excluding hydrogens is 398 g/mol. The van der Waals surface area contributed by atoms with Crippen LogP contribution in [0, 0.1) is 23.2 Å². The highest BCUT2D eigenvalue weighted by molar-refractivity contribution is 6.00. The van der Waals surface area contributed by atoms with E-state index in [1.54, 1.807) is 6.07 Å². The van der Waals surface area contributed by atoms with Crippen LogP contribution in [-0.4, -0.2) is 59.1 Å². The molecule has 0 aliphatic carbocycles. The number of nitriles is 1. The van der Waals surface area contributed by atoms with Crippen molar-refractivity contribution < 1.29 is 19.2 Å². The third-order valence-electron chi connectivity index (χ3n) is 6.00. The number of para-hydroxylation sites is 1. The summed E-state index contributed by atoms with van der Waals surface area (Å²) in [5.74, 6) is -1.78. The number of aromatic amines is 1. The summed E-state index contributed by atoms with van der Waals surface area (Å²) in [4.78, 5) is 53.9. The molecule has 31 heavy (non-hydrogen) atoms. The molecule has 0 spiro atoms. The summed E-state index contributed by atoms with van der Waals surface area (Å²) in [6.07, 6.45) is 1.64. The fraction of sp³-hybridized carbons (Fsp3) is 0.409. The number of hydrogen-bond donors (Lipinski definition) is 3. The highest BCUT2D eigenvalue weighted by Gasteiger charge is 2.41. The predicted octanol–water partition coefficient (Wildman–Crippen LogP) is 0.732. The molecule has 2 aliphatic heterocycles. The van der Waals surface area contributed by atoms with E-state index in [4.69, 9.17) is 0 Å². The first-order chi connectivity index (χ1) is 15.0. The second-order valence-corrected chi connectivity index (χ2v) is 8.07. The minimum Gasteiger partial charge on any atom is -0.356 e. The molecular formula is C22H23N5O4. The lowest BCUT2D eigenvalue weighted by atomic mass is 9.98. The highest BCUT2D eigenvalue weighted by atomic mass is 16.2. The van der Waals surface area contributed by atoms with E-state index in [9.17, 15) is 24.4 Å². The van der Waals surface area contributed by atoms with Gasteiger partial charge in [0.05, 0.1) is 18.0 Å². The van der Waals surface area contributed by atoms with E-state index >= 15 is 0 Å². The Labute approximate surface area is 178 Å². The Balaban J connectivity index is 1.50. The average Bonchev–Trinajstić information content (AvgIpc) is 3.50. The number of nitrogens with zero attached hydrogens (tertiary/aromatic N) is 2. The molecule has 4 rings (SSSR count). The lowest BCUT2D eigenvalue weighted by Crippen LogP contribution is -2.49. The van der Waals surface area contributed by atoms with Gasteiger partial charge in [-0.1, -0.05) is 18.2 Å². The van der Waals surface area contributed by atoms with E-state index in [0.29, 0.717) is 24.9 Å². The molecule has 2 saturated heterocycles. The van der Waals surface area contributed by atoms with Crippen molar-refractivity contribution in [2.24, 2.45) is 11.8 Å². The molecule has 0 bridgehead atoms. The molecule has 1 aromatic carbocycles. The Morgan fingerprint density at radius 1 is 1.35 bits per heavy atom. The standard InChI is InChI=1S/C22H23N5O4/c23-10-13-7-19(21(30)25-16(12-28)8-15-5-6-24-20(15)29)27(11-13)22(31)18-9-14-3-1-2-4-17(14)26-18/h1-4,9,12-13,15-16,19,26H,5-8,11H2,(H,24,29)(H,25,30)/t13-,15-,16-,19-/m0/s1. The lowest BCUT2D eigenvalue weighted by Gasteiger charge is -2.25. The van der Waals surface area contributed by atoms with Crippen LogP contribution < -0.4 is 10.6 Å². The van der Waals surface area contributed by atoms with Crippen molar-refractivity contribution in [1.82, 2.24) is 20.5 Å². The molecule has 0 saturated carbocycles. The van der Waals surface area contributed by atoms with Gasteiger partial charge in [0.15, 0.2) is 0 Å². The maximum Gasteiger partial charge on any atom is 0.271 e. The molecule has 3 heterocycles. The topological polar surface area (TPSA) is 135 Å². The van der Waals surface area contributed by atoms with Crippen molar-refractivity contribution >= 4 is 34.9 Å². The molecule has 9 heteroatoms. The van der Waals surface area contributed by atoms with Gasteiger partial charge in [0, 0.05) is 29.9 Å². The van der Waals surface area contributed by atoms with Crippen LogP contribution in [0.4, 0.5) is 0 Å². The van der Waals surface area contributed by atoms with E-state index in [-0.39, 0.29) is 37.1 Å². The predicted molar refractivity (Wildman–Crippen MR) is 111 cm³/mol. The second kappa shape index (κ2) is 8.60. The fourth-order valence-electron chi connectivity index (χ4n) is 4.35. The summed E-state index contributed by atoms with van der Waals surface area (Å²) in [5.41, 5.74) is 1.14. The SMILES string of the molecule is N#C[C@@H]1C[C@@H](C(=O)N[C@H](C=O)C[C@@H]2CCNC2=O)N(C(=O)c2cc3ccccc3[nH]2)C1. The minimum atomic E-state index is -0.858. The van der Waals surface area contributed by atoms with E-state index in [0.717, 1.165) is 10.9 Å². The first-order valence-electron chi connectivity index (χ1n) is 10.3. The monoisotopic (exact) mass is 421 g/mol. The van der Waals surface area contributed by atoms with Gasteiger partial charge >= 0.3 is 0 Å². The summed E-state index contributed by atoms with van der Waals surface area (Å²) in [6.45, 7) is 0.696. The molecule has 3 amide bonds. The van der Waals surface area contributed by atoms with Crippen molar-refractivity contribution in [3.05, 3.63) is 36.0 Å². The van der Waals surface area contributed by atoms with Crippen molar-refractivity contribution in [3.8, 4) is 6.07 Å². The van der Waals surface area contributed by atoms with Gasteiger partial charge in [-0.05, 0) is 31.4 Å². The van der Waals surface area contributed by atoms with Gasteiger partial charge in [-0.25, -0.2) is 0 Å². The second-order valence-electron chi connectivity index (χ2n) is 8.07. The minimum absolute atomic E-state index is 0.123. The Morgan fingerprint density at radius 3 is 2.84 bits per heavy atom. The first kappa shape index (κ1) is 20.6. The van der Waals surface area contributed by atoms with E-state index < -0.39 is 23.9 Å². The Bertz CT molecular complexity index is 1040. The van der Waals surface area contributed by atoms with Gasteiger partial charge in [0.1, 0.15) is 18.0 Å². The molecule has 4 atom stereocenters. The number of H-pyrrole nitrogens is 1. The number of likely N-dealkylation sites (tertiary alicyclic amines) is 1. The zero-order chi connectivity index (χ0) is 22.0. The third kappa shape index (κ3) is 4.14. The van der Waals surface area contributed by atoms with Crippen LogP contribution in [0.25, 0.3) is 10.9 Å². The van der Waals surface area contributed by atoms with Gasteiger partial charge in [-0.15, -0.1) is 0 Å². The summed E-state index contributed by atoms with van der Waals surface area (Å²) in [7, 11) is 0. The lowest BCUT2D eigenvalue weighted by molar-refractivity contribution is -0.128. The van der Waals surface area contributed by atoms with E-state index in [2.05, 4.69) is 21.7 Å². The van der Waals surface area contributed by atoms with Crippen molar-refractivity contribution in [1.29, 1.82) is 5.26 Å². The maximum atomic E-state index is 13.2. The largest absolute Gasteiger partial charge is 0.356 e. The van der Waals surface area contributed by atoms with Gasteiger partial charge in [0.2, 0.25) is 11.8 Å². The Morgan fingerprint density at radius 2 is 2.16 bits per heavy atom. The smallest absolute Gasteiger partial charge is 0.271 e. The fourth-order valence-corrected chi connectivity index (χ4v) is 4.35. The van der Waals surface area contributed by atoms with Crippen LogP contribution in [0.3, 0.4) is 0 Å². The van der Waals surface area contributed by atoms with Crippen LogP contribution >= 0.6 is 0 Å². The summed E-state index contributed by atoms with van der Waals surface area (Å²) < 4.78 is 0. The molecule has 2 aromatic rings. The van der Waals surface area contributed by atoms with Crippen LogP contribution in [0.15, 0.2) is 30.3 Å².